The summed E-state index contributed by atoms with van der Waals surface area (Å²) in [6, 6.07) is 13.4. The highest BCUT2D eigenvalue weighted by Gasteiger charge is 2.30. The lowest BCUT2D eigenvalue weighted by Crippen LogP contribution is -2.53. The van der Waals surface area contributed by atoms with Crippen LogP contribution in [-0.4, -0.2) is 65.9 Å². The minimum absolute atomic E-state index is 0.0897. The number of fused-ring (bicyclic) bond motifs is 3. The van der Waals surface area contributed by atoms with Crippen molar-refractivity contribution in [2.24, 2.45) is 5.92 Å². The van der Waals surface area contributed by atoms with E-state index >= 15 is 0 Å². The molecule has 2 aromatic rings. The van der Waals surface area contributed by atoms with Gasteiger partial charge in [0.15, 0.2) is 0 Å². The predicted molar refractivity (Wildman–Crippen MR) is 126 cm³/mol. The number of nitrogens with one attached hydrogen (secondary N) is 3. The van der Waals surface area contributed by atoms with Crippen molar-refractivity contribution in [2.75, 3.05) is 19.8 Å². The lowest BCUT2D eigenvalue weighted by molar-refractivity contribution is -0.142. The summed E-state index contributed by atoms with van der Waals surface area (Å²) in [5.74, 6) is -3.26. The van der Waals surface area contributed by atoms with E-state index in [2.05, 4.69) is 16.0 Å². The number of carboxylic acids is 1. The standard InChI is InChI=1S/C25H29N3O7/c1-14(2)22(23(31)26-11-21(30)27-20(12-29)24(32)33)28-25(34)35-13-19-17-9-5-3-7-15(17)16-8-4-6-10-18(16)19/h3-10,14,19-20,22,29H,11-13H2,1-2H3,(H,26,31)(H,27,30)(H,28,34)(H,32,33)/t20?,22-/m0/s1. The number of aliphatic carboxylic acids is 1. The van der Waals surface area contributed by atoms with Crippen LogP contribution in [-0.2, 0) is 19.1 Å². The second-order valence-corrected chi connectivity index (χ2v) is 8.55. The lowest BCUT2D eigenvalue weighted by atomic mass is 9.98. The Bertz CT molecular complexity index is 1060. The SMILES string of the molecule is CC(C)[C@H](NC(=O)OCC1c2ccccc2-c2ccccc21)C(=O)NCC(=O)NC(CO)C(=O)O. The first-order valence-electron chi connectivity index (χ1n) is 11.2. The molecule has 0 aliphatic heterocycles. The van der Waals surface area contributed by atoms with Gasteiger partial charge in [-0.2, -0.15) is 0 Å². The van der Waals surface area contributed by atoms with Gasteiger partial charge in [0.1, 0.15) is 18.7 Å². The van der Waals surface area contributed by atoms with E-state index in [1.165, 1.54) is 0 Å². The number of hydrogen-bond acceptors (Lipinski definition) is 6. The predicted octanol–water partition coefficient (Wildman–Crippen LogP) is 1.23. The van der Waals surface area contributed by atoms with Crippen molar-refractivity contribution in [3.8, 4) is 11.1 Å². The van der Waals surface area contributed by atoms with Crippen molar-refractivity contribution in [2.45, 2.75) is 31.8 Å². The van der Waals surface area contributed by atoms with Crippen LogP contribution in [0.5, 0.6) is 0 Å². The second kappa shape index (κ2) is 11.5. The zero-order valence-corrected chi connectivity index (χ0v) is 19.5. The van der Waals surface area contributed by atoms with Gasteiger partial charge in [0.25, 0.3) is 0 Å². The molecule has 10 nitrogen and oxygen atoms in total. The van der Waals surface area contributed by atoms with E-state index in [-0.39, 0.29) is 18.4 Å². The number of ether oxygens (including phenoxy) is 1. The van der Waals surface area contributed by atoms with E-state index in [0.717, 1.165) is 22.3 Å². The summed E-state index contributed by atoms with van der Waals surface area (Å²) >= 11 is 0. The molecule has 10 heteroatoms. The topological polar surface area (TPSA) is 154 Å². The van der Waals surface area contributed by atoms with Gasteiger partial charge in [0, 0.05) is 5.92 Å². The maximum atomic E-state index is 12.6. The maximum Gasteiger partial charge on any atom is 0.407 e. The van der Waals surface area contributed by atoms with Gasteiger partial charge in [-0.25, -0.2) is 9.59 Å². The van der Waals surface area contributed by atoms with Crippen LogP contribution in [0.1, 0.15) is 30.9 Å². The normalized spacial score (nSPS) is 13.8. The molecule has 0 heterocycles. The molecular weight excluding hydrogens is 454 g/mol. The van der Waals surface area contributed by atoms with Crippen molar-refractivity contribution in [1.29, 1.82) is 0 Å². The molecule has 3 rings (SSSR count). The largest absolute Gasteiger partial charge is 0.480 e. The summed E-state index contributed by atoms with van der Waals surface area (Å²) < 4.78 is 5.49. The molecule has 2 atom stereocenters. The van der Waals surface area contributed by atoms with Crippen LogP contribution in [0.15, 0.2) is 48.5 Å². The molecule has 0 aromatic heterocycles. The van der Waals surface area contributed by atoms with E-state index in [0.29, 0.717) is 0 Å². The minimum atomic E-state index is -1.47. The fraction of sp³-hybridized carbons (Fsp3) is 0.360. The second-order valence-electron chi connectivity index (χ2n) is 8.55. The molecular formula is C25H29N3O7. The zero-order valence-electron chi connectivity index (χ0n) is 19.5. The molecule has 3 amide bonds. The Kier molecular flexibility index (Phi) is 8.43. The molecule has 1 unspecified atom stereocenters. The number of hydrogen-bond donors (Lipinski definition) is 5. The quantitative estimate of drug-likeness (QED) is 0.340. The molecule has 35 heavy (non-hydrogen) atoms. The van der Waals surface area contributed by atoms with Crippen LogP contribution in [0, 0.1) is 5.92 Å². The highest BCUT2D eigenvalue weighted by molar-refractivity contribution is 5.91. The molecule has 0 saturated heterocycles. The summed E-state index contributed by atoms with van der Waals surface area (Å²) in [4.78, 5) is 47.9. The molecule has 1 aliphatic rings. The van der Waals surface area contributed by atoms with E-state index in [1.807, 2.05) is 48.5 Å². The molecule has 0 bridgehead atoms. The van der Waals surface area contributed by atoms with Crippen molar-refractivity contribution < 1.29 is 34.1 Å². The number of carbonyl (C=O) groups excluding carboxylic acids is 3. The summed E-state index contributed by atoms with van der Waals surface area (Å²) in [7, 11) is 0. The third-order valence-corrected chi connectivity index (χ3v) is 5.81. The Balaban J connectivity index is 1.56. The van der Waals surface area contributed by atoms with Crippen LogP contribution in [0.2, 0.25) is 0 Å². The minimum Gasteiger partial charge on any atom is -0.480 e. The number of carboxylic acid groups (broad SMARTS) is 1. The third kappa shape index (κ3) is 6.15. The first-order valence-corrected chi connectivity index (χ1v) is 11.2. The Labute approximate surface area is 202 Å². The Morgan fingerprint density at radius 1 is 0.943 bits per heavy atom. The molecule has 5 N–H and O–H groups in total. The highest BCUT2D eigenvalue weighted by atomic mass is 16.5. The van der Waals surface area contributed by atoms with E-state index in [1.54, 1.807) is 13.8 Å². The van der Waals surface area contributed by atoms with Gasteiger partial charge in [0.2, 0.25) is 11.8 Å². The molecule has 186 valence electrons. The van der Waals surface area contributed by atoms with E-state index in [4.69, 9.17) is 14.9 Å². The lowest BCUT2D eigenvalue weighted by Gasteiger charge is -2.22. The van der Waals surface area contributed by atoms with Gasteiger partial charge in [-0.05, 0) is 28.2 Å². The summed E-state index contributed by atoms with van der Waals surface area (Å²) in [6.45, 7) is 2.23. The molecule has 0 radical (unpaired) electrons. The number of rotatable bonds is 10. The van der Waals surface area contributed by atoms with Crippen LogP contribution >= 0.6 is 0 Å². The van der Waals surface area contributed by atoms with Gasteiger partial charge >= 0.3 is 12.1 Å². The van der Waals surface area contributed by atoms with Crippen molar-refractivity contribution >= 4 is 23.9 Å². The Hall–Kier alpha value is -3.92. The third-order valence-electron chi connectivity index (χ3n) is 5.81. The van der Waals surface area contributed by atoms with E-state index < -0.39 is 49.1 Å². The van der Waals surface area contributed by atoms with Crippen LogP contribution in [0.3, 0.4) is 0 Å². The fourth-order valence-corrected chi connectivity index (χ4v) is 4.01. The molecule has 0 saturated carbocycles. The fourth-order valence-electron chi connectivity index (χ4n) is 4.01. The number of alkyl carbamates (subject to hydrolysis) is 1. The average molecular weight is 484 g/mol. The number of aliphatic hydroxyl groups is 1. The van der Waals surface area contributed by atoms with Gasteiger partial charge in [-0.15, -0.1) is 0 Å². The molecule has 2 aromatic carbocycles. The summed E-state index contributed by atoms with van der Waals surface area (Å²) in [5.41, 5.74) is 4.32. The molecule has 0 spiro atoms. The highest BCUT2D eigenvalue weighted by Crippen LogP contribution is 2.44. The van der Waals surface area contributed by atoms with Crippen molar-refractivity contribution in [3.05, 3.63) is 59.7 Å². The summed E-state index contributed by atoms with van der Waals surface area (Å²) in [6.07, 6.45) is -0.767. The molecule has 0 fully saturated rings. The van der Waals surface area contributed by atoms with E-state index in [9.17, 15) is 19.2 Å². The first-order chi connectivity index (χ1) is 16.7. The maximum absolute atomic E-state index is 12.6. The monoisotopic (exact) mass is 483 g/mol. The van der Waals surface area contributed by atoms with Gasteiger partial charge in [0.05, 0.1) is 13.2 Å². The zero-order chi connectivity index (χ0) is 25.5. The van der Waals surface area contributed by atoms with Gasteiger partial charge in [-0.1, -0.05) is 62.4 Å². The van der Waals surface area contributed by atoms with Gasteiger partial charge in [-0.3, -0.25) is 9.59 Å². The van der Waals surface area contributed by atoms with Crippen molar-refractivity contribution in [3.63, 3.8) is 0 Å². The Morgan fingerprint density at radius 2 is 1.51 bits per heavy atom. The first kappa shape index (κ1) is 25.7. The number of amides is 3. The van der Waals surface area contributed by atoms with Gasteiger partial charge < -0.3 is 30.9 Å². The molecule has 1 aliphatic carbocycles. The van der Waals surface area contributed by atoms with Crippen LogP contribution < -0.4 is 16.0 Å². The number of benzene rings is 2. The summed E-state index contributed by atoms with van der Waals surface area (Å²) in [5, 5.41) is 24.8. The van der Waals surface area contributed by atoms with Crippen molar-refractivity contribution in [1.82, 2.24) is 16.0 Å². The van der Waals surface area contributed by atoms with Crippen LogP contribution in [0.25, 0.3) is 11.1 Å². The number of aliphatic hydroxyl groups excluding tert-OH is 1. The smallest absolute Gasteiger partial charge is 0.407 e. The number of carbonyl (C=O) groups is 4. The average Bonchev–Trinajstić information content (AvgIpc) is 3.16. The van der Waals surface area contributed by atoms with Crippen LogP contribution in [0.4, 0.5) is 4.79 Å². The Morgan fingerprint density at radius 3 is 2.03 bits per heavy atom.